The second-order valence-corrected chi connectivity index (χ2v) is 7.25. The second kappa shape index (κ2) is 4.60. The zero-order valence-corrected chi connectivity index (χ0v) is 12.5. The molecule has 4 heteroatoms. The van der Waals surface area contributed by atoms with E-state index in [0.717, 1.165) is 30.3 Å². The Bertz CT molecular complexity index is 554. The lowest BCUT2D eigenvalue weighted by molar-refractivity contribution is -0.159. The zero-order chi connectivity index (χ0) is 14.6. The molecule has 0 radical (unpaired) electrons. The zero-order valence-electron chi connectivity index (χ0n) is 12.5. The van der Waals surface area contributed by atoms with E-state index in [2.05, 4.69) is 13.0 Å². The topological polar surface area (TPSA) is 53.7 Å². The second-order valence-electron chi connectivity index (χ2n) is 7.25. The third-order valence-electron chi connectivity index (χ3n) is 5.36. The van der Waals surface area contributed by atoms with Crippen molar-refractivity contribution < 1.29 is 14.3 Å². The van der Waals surface area contributed by atoms with E-state index in [1.54, 1.807) is 4.90 Å². The minimum atomic E-state index is -0.574. The molecule has 21 heavy (non-hydrogen) atoms. The van der Waals surface area contributed by atoms with Crippen molar-refractivity contribution in [3.05, 3.63) is 23.7 Å². The van der Waals surface area contributed by atoms with Crippen LogP contribution in [0.2, 0.25) is 0 Å². The van der Waals surface area contributed by atoms with Crippen molar-refractivity contribution in [1.82, 2.24) is 4.90 Å². The van der Waals surface area contributed by atoms with Gasteiger partial charge in [-0.05, 0) is 43.2 Å². The average Bonchev–Trinajstić information content (AvgIpc) is 3.33. The lowest BCUT2D eigenvalue weighted by Gasteiger charge is -2.47. The summed E-state index contributed by atoms with van der Waals surface area (Å²) in [5.41, 5.74) is -0.574. The molecule has 0 spiro atoms. The number of carbonyl (C=O) groups excluding carboxylic acids is 1. The highest BCUT2D eigenvalue weighted by atomic mass is 16.3. The Labute approximate surface area is 125 Å². The van der Waals surface area contributed by atoms with Gasteiger partial charge in [-0.2, -0.15) is 0 Å². The van der Waals surface area contributed by atoms with Crippen LogP contribution in [0.3, 0.4) is 0 Å². The van der Waals surface area contributed by atoms with Crippen LogP contribution in [0.5, 0.6) is 0 Å². The largest absolute Gasteiger partial charge is 0.466 e. The predicted molar refractivity (Wildman–Crippen MR) is 77.8 cm³/mol. The van der Waals surface area contributed by atoms with E-state index in [-0.39, 0.29) is 5.91 Å². The monoisotopic (exact) mass is 289 g/mol. The Hall–Kier alpha value is -1.29. The van der Waals surface area contributed by atoms with Gasteiger partial charge in [-0.25, -0.2) is 0 Å². The summed E-state index contributed by atoms with van der Waals surface area (Å²) in [7, 11) is 0. The number of nitrogens with zero attached hydrogens (tertiary/aromatic N) is 1. The maximum absolute atomic E-state index is 12.1. The Morgan fingerprint density at radius 3 is 2.76 bits per heavy atom. The van der Waals surface area contributed by atoms with Gasteiger partial charge < -0.3 is 14.4 Å². The van der Waals surface area contributed by atoms with Gasteiger partial charge in [0.1, 0.15) is 17.1 Å². The maximum Gasteiger partial charge on any atom is 0.223 e. The fourth-order valence-electron chi connectivity index (χ4n) is 3.50. The molecule has 2 aliphatic carbocycles. The molecule has 1 N–H and O–H groups in total. The first-order valence-electron chi connectivity index (χ1n) is 8.14. The van der Waals surface area contributed by atoms with E-state index in [0.29, 0.717) is 37.8 Å². The summed E-state index contributed by atoms with van der Waals surface area (Å²) in [5, 5.41) is 10.2. The first-order chi connectivity index (χ1) is 10.0. The number of β-amino-alcohol motifs (C(OH)–C–C–N with tert-alkyl or cyclic N) is 1. The van der Waals surface area contributed by atoms with Crippen LogP contribution in [0.25, 0.3) is 0 Å². The van der Waals surface area contributed by atoms with Crippen LogP contribution in [0.4, 0.5) is 0 Å². The number of carbonyl (C=O) groups is 1. The fraction of sp³-hybridized carbons (Fsp3) is 0.706. The standard InChI is InChI=1S/C17H23NO3/c1-11-8-14(11)15-6-4-13(21-15)5-7-16(19)18-9-17(20,10-18)12-2-3-12/h4,6,11-12,14,20H,2-3,5,7-10H2,1H3. The van der Waals surface area contributed by atoms with Crippen LogP contribution in [0, 0.1) is 11.8 Å². The molecular weight excluding hydrogens is 266 g/mol. The Balaban J connectivity index is 1.25. The summed E-state index contributed by atoms with van der Waals surface area (Å²) < 4.78 is 5.83. The van der Waals surface area contributed by atoms with Crippen molar-refractivity contribution in [3.63, 3.8) is 0 Å². The Morgan fingerprint density at radius 2 is 2.14 bits per heavy atom. The summed E-state index contributed by atoms with van der Waals surface area (Å²) in [5.74, 6) is 3.91. The van der Waals surface area contributed by atoms with Crippen LogP contribution >= 0.6 is 0 Å². The van der Waals surface area contributed by atoms with Crippen molar-refractivity contribution in [3.8, 4) is 0 Å². The SMILES string of the molecule is CC1CC1c1ccc(CCC(=O)N2CC(O)(C3CC3)C2)o1. The Kier molecular flexibility index (Phi) is 2.93. The maximum atomic E-state index is 12.1. The van der Waals surface area contributed by atoms with Gasteiger partial charge in [0.2, 0.25) is 5.91 Å². The smallest absolute Gasteiger partial charge is 0.223 e. The first kappa shape index (κ1) is 13.4. The van der Waals surface area contributed by atoms with Gasteiger partial charge >= 0.3 is 0 Å². The van der Waals surface area contributed by atoms with Gasteiger partial charge in [-0.15, -0.1) is 0 Å². The number of hydrogen-bond acceptors (Lipinski definition) is 3. The van der Waals surface area contributed by atoms with E-state index in [9.17, 15) is 9.90 Å². The van der Waals surface area contributed by atoms with E-state index in [4.69, 9.17) is 4.42 Å². The Morgan fingerprint density at radius 1 is 1.43 bits per heavy atom. The van der Waals surface area contributed by atoms with Crippen molar-refractivity contribution in [2.75, 3.05) is 13.1 Å². The molecule has 1 aliphatic heterocycles. The van der Waals surface area contributed by atoms with Crippen molar-refractivity contribution in [1.29, 1.82) is 0 Å². The van der Waals surface area contributed by atoms with Gasteiger partial charge in [0.15, 0.2) is 0 Å². The van der Waals surface area contributed by atoms with E-state index < -0.39 is 5.60 Å². The van der Waals surface area contributed by atoms with Crippen LogP contribution < -0.4 is 0 Å². The minimum absolute atomic E-state index is 0.137. The molecule has 2 unspecified atom stereocenters. The van der Waals surface area contributed by atoms with Crippen molar-refractivity contribution in [2.24, 2.45) is 11.8 Å². The van der Waals surface area contributed by atoms with Crippen LogP contribution in [-0.2, 0) is 11.2 Å². The third-order valence-corrected chi connectivity index (χ3v) is 5.36. The lowest BCUT2D eigenvalue weighted by atomic mass is 9.88. The number of likely N-dealkylation sites (tertiary alicyclic amines) is 1. The molecule has 2 atom stereocenters. The summed E-state index contributed by atoms with van der Waals surface area (Å²) in [6, 6.07) is 4.06. The fourth-order valence-corrected chi connectivity index (χ4v) is 3.50. The van der Waals surface area contributed by atoms with E-state index in [1.165, 1.54) is 6.42 Å². The van der Waals surface area contributed by atoms with Gasteiger partial charge in [-0.1, -0.05) is 6.92 Å². The van der Waals surface area contributed by atoms with Gasteiger partial charge in [0.25, 0.3) is 0 Å². The van der Waals surface area contributed by atoms with Gasteiger partial charge in [0.05, 0.1) is 13.1 Å². The highest BCUT2D eigenvalue weighted by molar-refractivity contribution is 5.77. The molecule has 3 fully saturated rings. The van der Waals surface area contributed by atoms with Gasteiger partial charge in [-0.3, -0.25) is 4.79 Å². The summed E-state index contributed by atoms with van der Waals surface area (Å²) in [4.78, 5) is 13.9. The number of amides is 1. The van der Waals surface area contributed by atoms with Crippen LogP contribution in [0.15, 0.2) is 16.5 Å². The molecule has 2 heterocycles. The molecular formula is C17H23NO3. The molecule has 1 amide bonds. The number of aliphatic hydroxyl groups is 1. The molecule has 4 rings (SSSR count). The van der Waals surface area contributed by atoms with E-state index in [1.807, 2.05) is 6.07 Å². The molecule has 114 valence electrons. The summed E-state index contributed by atoms with van der Waals surface area (Å²) >= 11 is 0. The number of rotatable bonds is 5. The number of aryl methyl sites for hydroxylation is 1. The van der Waals surface area contributed by atoms with Crippen molar-refractivity contribution >= 4 is 5.91 Å². The molecule has 2 saturated carbocycles. The molecule has 0 aromatic carbocycles. The predicted octanol–water partition coefficient (Wildman–Crippen LogP) is 2.32. The average molecular weight is 289 g/mol. The van der Waals surface area contributed by atoms with Crippen molar-refractivity contribution in [2.45, 2.75) is 50.5 Å². The highest BCUT2D eigenvalue weighted by Gasteiger charge is 2.53. The molecule has 4 nitrogen and oxygen atoms in total. The summed E-state index contributed by atoms with van der Waals surface area (Å²) in [6.45, 7) is 3.29. The van der Waals surface area contributed by atoms with E-state index >= 15 is 0 Å². The molecule has 1 saturated heterocycles. The molecule has 1 aromatic rings. The quantitative estimate of drug-likeness (QED) is 0.905. The number of hydrogen-bond donors (Lipinski definition) is 1. The summed E-state index contributed by atoms with van der Waals surface area (Å²) in [6.07, 6.45) is 4.60. The van der Waals surface area contributed by atoms with Crippen LogP contribution in [0.1, 0.15) is 50.0 Å². The highest BCUT2D eigenvalue weighted by Crippen LogP contribution is 2.47. The third kappa shape index (κ3) is 2.50. The molecule has 0 bridgehead atoms. The number of furan rings is 1. The minimum Gasteiger partial charge on any atom is -0.466 e. The first-order valence-corrected chi connectivity index (χ1v) is 8.14. The normalized spacial score (nSPS) is 30.1. The lowest BCUT2D eigenvalue weighted by Crippen LogP contribution is -2.64. The van der Waals surface area contributed by atoms with Crippen LogP contribution in [-0.4, -0.2) is 34.6 Å². The molecule has 3 aliphatic rings. The van der Waals surface area contributed by atoms with Gasteiger partial charge in [0, 0.05) is 18.8 Å². The molecule has 1 aromatic heterocycles.